The predicted octanol–water partition coefficient (Wildman–Crippen LogP) is 4.61. The van der Waals surface area contributed by atoms with Crippen molar-refractivity contribution in [2.45, 2.75) is 76.0 Å². The molecule has 7 rings (SSSR count). The second-order valence-electron chi connectivity index (χ2n) is 15.0. The first kappa shape index (κ1) is 36.0. The Labute approximate surface area is 306 Å². The molecule has 1 aromatic heterocycles. The third-order valence-electron chi connectivity index (χ3n) is 11.6. The van der Waals surface area contributed by atoms with Crippen LogP contribution in [0.1, 0.15) is 43.0 Å². The topological polar surface area (TPSA) is 131 Å². The van der Waals surface area contributed by atoms with Gasteiger partial charge in [-0.2, -0.15) is 0 Å². The number of hydrogen-bond acceptors (Lipinski definition) is 8. The summed E-state index contributed by atoms with van der Waals surface area (Å²) in [5, 5.41) is 25.8. The molecular weight excluding hydrogens is 673 g/mol. The number of nitrogens with zero attached hydrogens (tertiary/aromatic N) is 4. The number of carbonyl (C=O) groups is 2. The van der Waals surface area contributed by atoms with Gasteiger partial charge >= 0.3 is 0 Å². The van der Waals surface area contributed by atoms with Gasteiger partial charge in [0.15, 0.2) is 5.60 Å². The molecule has 1 spiro atoms. The molecule has 4 aromatic rings. The molecule has 3 aliphatic heterocycles. The summed E-state index contributed by atoms with van der Waals surface area (Å²) in [5.74, 6) is 0.425. The third-order valence-corrected chi connectivity index (χ3v) is 15.9. The summed E-state index contributed by atoms with van der Waals surface area (Å²) in [7, 11) is -0.689. The van der Waals surface area contributed by atoms with Crippen molar-refractivity contribution in [1.82, 2.24) is 20.3 Å². The zero-order valence-electron chi connectivity index (χ0n) is 30.5. The highest BCUT2D eigenvalue weighted by Crippen LogP contribution is 2.60. The monoisotopic (exact) mass is 722 g/mol. The van der Waals surface area contributed by atoms with Crippen molar-refractivity contribution in [2.75, 3.05) is 37.0 Å². The van der Waals surface area contributed by atoms with Crippen LogP contribution in [0.15, 0.2) is 79.0 Å². The fraction of sp³-hybridized carbons (Fsp3) is 0.450. The zero-order valence-corrected chi connectivity index (χ0v) is 31.5. The molecular formula is C40H50N6O5Si. The highest BCUT2D eigenvalue weighted by atomic mass is 28.3. The maximum Gasteiger partial charge on any atom is 0.264 e. The van der Waals surface area contributed by atoms with E-state index in [1.165, 1.54) is 5.19 Å². The second-order valence-corrected chi connectivity index (χ2v) is 19.7. The maximum atomic E-state index is 15.2. The molecule has 5 atom stereocenters. The number of carbonyl (C=O) groups excluding carboxylic acids is 2. The van der Waals surface area contributed by atoms with E-state index in [1.54, 1.807) is 7.11 Å². The Bertz CT molecular complexity index is 1880. The average molecular weight is 723 g/mol. The number of aromatic nitrogens is 3. The maximum absolute atomic E-state index is 15.2. The fourth-order valence-electron chi connectivity index (χ4n) is 8.84. The molecule has 1 unspecified atom stereocenters. The van der Waals surface area contributed by atoms with E-state index in [0.717, 1.165) is 47.6 Å². The average Bonchev–Trinajstić information content (AvgIpc) is 3.81. The van der Waals surface area contributed by atoms with E-state index in [9.17, 15) is 9.90 Å². The minimum Gasteiger partial charge on any atom is -0.497 e. The quantitative estimate of drug-likeness (QED) is 0.181. The van der Waals surface area contributed by atoms with Crippen molar-refractivity contribution in [3.8, 4) is 5.75 Å². The van der Waals surface area contributed by atoms with Crippen molar-refractivity contribution in [3.63, 3.8) is 0 Å². The van der Waals surface area contributed by atoms with Crippen LogP contribution in [0.4, 0.5) is 11.4 Å². The largest absolute Gasteiger partial charge is 0.497 e. The lowest BCUT2D eigenvalue weighted by molar-refractivity contribution is -0.146. The van der Waals surface area contributed by atoms with Gasteiger partial charge in [0.25, 0.3) is 5.91 Å². The van der Waals surface area contributed by atoms with Gasteiger partial charge in [0.05, 0.1) is 45.1 Å². The Balaban J connectivity index is 1.30. The van der Waals surface area contributed by atoms with Crippen LogP contribution < -0.4 is 25.5 Å². The van der Waals surface area contributed by atoms with Crippen LogP contribution in [0.25, 0.3) is 0 Å². The number of benzene rings is 3. The normalized spacial score (nSPS) is 24.3. The van der Waals surface area contributed by atoms with Gasteiger partial charge in [-0.15, -0.1) is 5.10 Å². The lowest BCUT2D eigenvalue weighted by Crippen LogP contribution is -2.51. The number of amides is 2. The van der Waals surface area contributed by atoms with Crippen molar-refractivity contribution in [3.05, 3.63) is 95.8 Å². The van der Waals surface area contributed by atoms with Crippen LogP contribution in [0.5, 0.6) is 5.75 Å². The lowest BCUT2D eigenvalue weighted by Gasteiger charge is -2.37. The third kappa shape index (κ3) is 6.68. The highest BCUT2D eigenvalue weighted by Gasteiger charge is 2.66. The first-order valence-electron chi connectivity index (χ1n) is 18.5. The van der Waals surface area contributed by atoms with Crippen LogP contribution in [-0.2, 0) is 39.4 Å². The summed E-state index contributed by atoms with van der Waals surface area (Å²) in [6, 6.07) is 24.3. The van der Waals surface area contributed by atoms with Crippen LogP contribution in [-0.4, -0.2) is 72.9 Å². The van der Waals surface area contributed by atoms with Crippen molar-refractivity contribution < 1.29 is 24.2 Å². The Kier molecular flexibility index (Phi) is 10.3. The lowest BCUT2D eigenvalue weighted by atomic mass is 9.82. The summed E-state index contributed by atoms with van der Waals surface area (Å²) in [6.07, 6.45) is 4.48. The molecule has 0 aliphatic carbocycles. The number of anilines is 2. The molecule has 3 aliphatic rings. The number of nitrogens with one attached hydrogen (secondary N) is 2. The molecule has 11 nitrogen and oxygen atoms in total. The van der Waals surface area contributed by atoms with E-state index >= 15 is 4.79 Å². The van der Waals surface area contributed by atoms with Gasteiger partial charge in [-0.3, -0.25) is 14.3 Å². The predicted molar refractivity (Wildman–Crippen MR) is 203 cm³/mol. The number of hydrogen-bond donors (Lipinski definition) is 3. The molecule has 0 bridgehead atoms. The summed E-state index contributed by atoms with van der Waals surface area (Å²) in [4.78, 5) is 30.5. The minimum atomic E-state index is -2.36. The molecule has 12 heteroatoms. The number of aliphatic hydroxyl groups is 1. The van der Waals surface area contributed by atoms with E-state index in [0.29, 0.717) is 38.2 Å². The van der Waals surface area contributed by atoms with Gasteiger partial charge in [0.1, 0.15) is 5.75 Å². The number of methoxy groups -OCH3 is 1. The SMILES string of the molecule is COc1ccc([Si](C)(C)[C@H]2[C@H](CCn3cc(CCO)nn3)O[C@@]3(C(=O)N(Cc4ccccc4)c4ccc(NC(=O)C5CCCNC5)cc43)[C@@H]2C)cc1. The first-order chi connectivity index (χ1) is 25.1. The molecule has 4 heterocycles. The Morgan fingerprint density at radius 3 is 2.63 bits per heavy atom. The van der Waals surface area contributed by atoms with Crippen LogP contribution >= 0.6 is 0 Å². The number of ether oxygens (including phenoxy) is 2. The van der Waals surface area contributed by atoms with Crippen molar-refractivity contribution >= 4 is 36.4 Å². The van der Waals surface area contributed by atoms with Crippen LogP contribution in [0, 0.1) is 11.8 Å². The molecule has 0 radical (unpaired) electrons. The second kappa shape index (κ2) is 14.9. The molecule has 0 saturated carbocycles. The zero-order chi connectivity index (χ0) is 36.5. The minimum absolute atomic E-state index is 0.00911. The summed E-state index contributed by atoms with van der Waals surface area (Å²) in [5.41, 5.74) is 2.83. The smallest absolute Gasteiger partial charge is 0.264 e. The first-order valence-corrected chi connectivity index (χ1v) is 21.6. The number of rotatable bonds is 12. The van der Waals surface area contributed by atoms with Crippen LogP contribution in [0.3, 0.4) is 0 Å². The molecule has 52 heavy (non-hydrogen) atoms. The number of fused-ring (bicyclic) bond motifs is 2. The van der Waals surface area contributed by atoms with Gasteiger partial charge in [0, 0.05) is 49.5 Å². The van der Waals surface area contributed by atoms with Gasteiger partial charge in [-0.05, 0) is 67.2 Å². The number of aryl methyl sites for hydroxylation is 1. The van der Waals surface area contributed by atoms with Gasteiger partial charge in [0.2, 0.25) is 5.91 Å². The molecule has 2 saturated heterocycles. The summed E-state index contributed by atoms with van der Waals surface area (Å²) >= 11 is 0. The molecule has 274 valence electrons. The number of aliphatic hydroxyl groups excluding tert-OH is 1. The summed E-state index contributed by atoms with van der Waals surface area (Å²) in [6.45, 7) is 9.49. The van der Waals surface area contributed by atoms with Crippen molar-refractivity contribution in [2.24, 2.45) is 11.8 Å². The fourth-order valence-corrected chi connectivity index (χ4v) is 12.9. The Morgan fingerprint density at radius 2 is 1.92 bits per heavy atom. The van der Waals surface area contributed by atoms with E-state index in [4.69, 9.17) is 9.47 Å². The van der Waals surface area contributed by atoms with E-state index in [-0.39, 0.29) is 41.9 Å². The Hall–Kier alpha value is -4.36. The van der Waals surface area contributed by atoms with E-state index in [2.05, 4.69) is 53.1 Å². The molecule has 3 N–H and O–H groups in total. The van der Waals surface area contributed by atoms with E-state index < -0.39 is 13.7 Å². The molecule has 2 amide bonds. The number of piperidine rings is 1. The Morgan fingerprint density at radius 1 is 1.13 bits per heavy atom. The van der Waals surface area contributed by atoms with E-state index in [1.807, 2.05) is 76.4 Å². The van der Waals surface area contributed by atoms with Gasteiger partial charge < -0.3 is 30.1 Å². The highest BCUT2D eigenvalue weighted by molar-refractivity contribution is 6.91. The molecule has 3 aromatic carbocycles. The van der Waals surface area contributed by atoms with Crippen LogP contribution in [0.2, 0.25) is 18.6 Å². The standard InChI is InChI=1S/C40H50N6O5Si/c1-27-37(52(3,4)33-15-13-32(50-2)14-16-33)36(18-21-45-26-31(19-22-47)43-44-45)51-40(27)34-23-30(42-38(48)29-11-8-20-41-24-29)12-17-35(34)46(39(40)49)25-28-9-6-5-7-10-28/h5-7,9-10,12-17,23,26-27,29,36-37,41,47H,8,11,18-22,24-25H2,1-4H3,(H,42,48)/t27-,29?,36+,37-,40+/m1/s1. The molecule has 2 fully saturated rings. The van der Waals surface area contributed by atoms with Gasteiger partial charge in [-0.1, -0.05) is 72.9 Å². The van der Waals surface area contributed by atoms with Crippen molar-refractivity contribution in [1.29, 1.82) is 0 Å². The van der Waals surface area contributed by atoms with Gasteiger partial charge in [-0.25, -0.2) is 0 Å². The summed E-state index contributed by atoms with van der Waals surface area (Å²) < 4.78 is 14.6.